The fourth-order valence-electron chi connectivity index (χ4n) is 1.98. The predicted molar refractivity (Wildman–Crippen MR) is 73.6 cm³/mol. The van der Waals surface area contributed by atoms with E-state index in [0.717, 1.165) is 11.6 Å². The smallest absolute Gasteiger partial charge is 0.182 e. The van der Waals surface area contributed by atoms with Gasteiger partial charge in [-0.3, -0.25) is 4.79 Å². The molecule has 0 fully saturated rings. The lowest BCUT2D eigenvalue weighted by Crippen LogP contribution is -2.13. The number of aromatic nitrogens is 2. The summed E-state index contributed by atoms with van der Waals surface area (Å²) in [6, 6.07) is 7.16. The molecule has 0 unspecified atom stereocenters. The average Bonchev–Trinajstić information content (AvgIpc) is 2.87. The van der Waals surface area contributed by atoms with Crippen LogP contribution in [0, 0.1) is 0 Å². The number of benzene rings is 1. The zero-order valence-corrected chi connectivity index (χ0v) is 11.5. The number of methoxy groups -OCH3 is 1. The fourth-order valence-corrected chi connectivity index (χ4v) is 1.98. The van der Waals surface area contributed by atoms with Crippen LogP contribution >= 0.6 is 0 Å². The van der Waals surface area contributed by atoms with Crippen molar-refractivity contribution in [3.63, 3.8) is 0 Å². The number of carbonyl (C=O) groups is 1. The van der Waals surface area contributed by atoms with Crippen molar-refractivity contribution in [1.82, 2.24) is 9.55 Å². The maximum absolute atomic E-state index is 12.2. The molecule has 0 spiro atoms. The van der Waals surface area contributed by atoms with Gasteiger partial charge in [-0.2, -0.15) is 0 Å². The molecule has 1 heterocycles. The van der Waals surface area contributed by atoms with Crippen molar-refractivity contribution in [3.8, 4) is 5.75 Å². The van der Waals surface area contributed by atoms with Gasteiger partial charge in [-0.05, 0) is 24.3 Å². The first-order valence-corrected chi connectivity index (χ1v) is 6.30. The minimum absolute atomic E-state index is 0.0718. The van der Waals surface area contributed by atoms with Crippen LogP contribution in [0.1, 0.15) is 35.9 Å². The van der Waals surface area contributed by atoms with Crippen molar-refractivity contribution in [1.29, 1.82) is 0 Å². The zero-order chi connectivity index (χ0) is 13.8. The van der Waals surface area contributed by atoms with Crippen molar-refractivity contribution in [2.45, 2.75) is 26.3 Å². The topological polar surface area (TPSA) is 44.1 Å². The van der Waals surface area contributed by atoms with Gasteiger partial charge in [-0.15, -0.1) is 0 Å². The molecule has 1 aromatic heterocycles. The molecular weight excluding hydrogens is 240 g/mol. The van der Waals surface area contributed by atoms with Gasteiger partial charge in [0.2, 0.25) is 0 Å². The van der Waals surface area contributed by atoms with E-state index in [0.29, 0.717) is 18.0 Å². The van der Waals surface area contributed by atoms with Gasteiger partial charge in [0, 0.05) is 23.9 Å². The van der Waals surface area contributed by atoms with E-state index in [1.54, 1.807) is 37.6 Å². The third-order valence-electron chi connectivity index (χ3n) is 2.99. The number of imidazole rings is 1. The molecule has 0 saturated carbocycles. The van der Waals surface area contributed by atoms with E-state index in [1.165, 1.54) is 0 Å². The Kier molecular flexibility index (Phi) is 4.00. The molecule has 0 amide bonds. The minimum Gasteiger partial charge on any atom is -0.497 e. The van der Waals surface area contributed by atoms with Gasteiger partial charge in [0.15, 0.2) is 5.78 Å². The number of ether oxygens (including phenoxy) is 1. The van der Waals surface area contributed by atoms with Crippen molar-refractivity contribution in [2.75, 3.05) is 7.11 Å². The van der Waals surface area contributed by atoms with Gasteiger partial charge < -0.3 is 9.30 Å². The maximum Gasteiger partial charge on any atom is 0.182 e. The highest BCUT2D eigenvalue weighted by molar-refractivity contribution is 5.96. The van der Waals surface area contributed by atoms with Crippen molar-refractivity contribution in [3.05, 3.63) is 48.0 Å². The number of Topliss-reactive ketones (excluding diaryl/α,β-unsaturated/α-hetero) is 1. The molecule has 0 aliphatic heterocycles. The Labute approximate surface area is 113 Å². The Morgan fingerprint density at radius 2 is 2.00 bits per heavy atom. The van der Waals surface area contributed by atoms with E-state index in [9.17, 15) is 4.79 Å². The highest BCUT2D eigenvalue weighted by Crippen LogP contribution is 2.15. The van der Waals surface area contributed by atoms with Crippen LogP contribution in [-0.4, -0.2) is 22.4 Å². The van der Waals surface area contributed by atoms with Gasteiger partial charge >= 0.3 is 0 Å². The predicted octanol–water partition coefficient (Wildman–Crippen LogP) is 2.90. The van der Waals surface area contributed by atoms with Crippen LogP contribution in [0.4, 0.5) is 0 Å². The van der Waals surface area contributed by atoms with E-state index >= 15 is 0 Å². The molecular formula is C15H18N2O2. The molecule has 0 N–H and O–H groups in total. The van der Waals surface area contributed by atoms with Crippen LogP contribution in [-0.2, 0) is 6.54 Å². The highest BCUT2D eigenvalue weighted by atomic mass is 16.5. The van der Waals surface area contributed by atoms with Gasteiger partial charge in [-0.1, -0.05) is 13.8 Å². The highest BCUT2D eigenvalue weighted by Gasteiger charge is 2.12. The van der Waals surface area contributed by atoms with E-state index < -0.39 is 0 Å². The third-order valence-corrected chi connectivity index (χ3v) is 2.99. The summed E-state index contributed by atoms with van der Waals surface area (Å²) < 4.78 is 6.98. The molecule has 0 saturated heterocycles. The van der Waals surface area contributed by atoms with Crippen LogP contribution < -0.4 is 4.74 Å². The summed E-state index contributed by atoms with van der Waals surface area (Å²) in [5, 5.41) is 0. The van der Waals surface area contributed by atoms with Crippen molar-refractivity contribution < 1.29 is 9.53 Å². The monoisotopic (exact) mass is 258 g/mol. The Morgan fingerprint density at radius 3 is 2.58 bits per heavy atom. The van der Waals surface area contributed by atoms with Crippen molar-refractivity contribution >= 4 is 5.78 Å². The summed E-state index contributed by atoms with van der Waals surface area (Å²) in [5.41, 5.74) is 0.684. The molecule has 1 aromatic carbocycles. The van der Waals surface area contributed by atoms with E-state index in [-0.39, 0.29) is 5.78 Å². The molecule has 2 aromatic rings. The molecule has 0 bridgehead atoms. The minimum atomic E-state index is 0.0718. The number of rotatable bonds is 5. The quantitative estimate of drug-likeness (QED) is 0.774. The summed E-state index contributed by atoms with van der Waals surface area (Å²) in [4.78, 5) is 16.5. The summed E-state index contributed by atoms with van der Waals surface area (Å²) >= 11 is 0. The fraction of sp³-hybridized carbons (Fsp3) is 0.333. The number of carbonyl (C=O) groups excluding carboxylic acids is 1. The van der Waals surface area contributed by atoms with Crippen molar-refractivity contribution in [2.24, 2.45) is 0 Å². The summed E-state index contributed by atoms with van der Waals surface area (Å²) in [6.45, 7) is 4.45. The average molecular weight is 258 g/mol. The molecule has 0 radical (unpaired) electrons. The second-order valence-corrected chi connectivity index (χ2v) is 4.72. The van der Waals surface area contributed by atoms with Crippen LogP contribution in [0.2, 0.25) is 0 Å². The zero-order valence-electron chi connectivity index (χ0n) is 11.5. The second kappa shape index (κ2) is 5.69. The Morgan fingerprint density at radius 1 is 1.32 bits per heavy atom. The standard InChI is InChI=1S/C15H18N2O2/c1-11(2)15-16-8-9-17(15)10-14(18)12-4-6-13(19-3)7-5-12/h4-9,11H,10H2,1-3H3. The molecule has 0 aliphatic rings. The number of hydrogen-bond acceptors (Lipinski definition) is 3. The third kappa shape index (κ3) is 3.02. The molecule has 0 aliphatic carbocycles. The lowest BCUT2D eigenvalue weighted by atomic mass is 10.1. The lowest BCUT2D eigenvalue weighted by molar-refractivity contribution is 0.0970. The summed E-state index contributed by atoms with van der Waals surface area (Å²) in [6.07, 6.45) is 3.58. The van der Waals surface area contributed by atoms with Crippen LogP contribution in [0.15, 0.2) is 36.7 Å². The van der Waals surface area contributed by atoms with Crippen LogP contribution in [0.3, 0.4) is 0 Å². The number of ketones is 1. The first-order chi connectivity index (χ1) is 9.11. The largest absolute Gasteiger partial charge is 0.497 e. The van der Waals surface area contributed by atoms with Gasteiger partial charge in [-0.25, -0.2) is 4.98 Å². The van der Waals surface area contributed by atoms with Crippen LogP contribution in [0.5, 0.6) is 5.75 Å². The van der Waals surface area contributed by atoms with E-state index in [1.807, 2.05) is 10.8 Å². The van der Waals surface area contributed by atoms with E-state index in [2.05, 4.69) is 18.8 Å². The first-order valence-electron chi connectivity index (χ1n) is 6.30. The normalized spacial score (nSPS) is 10.7. The molecule has 4 heteroatoms. The van der Waals surface area contributed by atoms with Gasteiger partial charge in [0.1, 0.15) is 11.6 Å². The Balaban J connectivity index is 2.13. The summed E-state index contributed by atoms with van der Waals surface area (Å²) in [7, 11) is 1.61. The molecule has 100 valence electrons. The number of nitrogens with zero attached hydrogens (tertiary/aromatic N) is 2. The SMILES string of the molecule is COc1ccc(C(=O)Cn2ccnc2C(C)C)cc1. The maximum atomic E-state index is 12.2. The van der Waals surface area contributed by atoms with E-state index in [4.69, 9.17) is 4.74 Å². The second-order valence-electron chi connectivity index (χ2n) is 4.72. The first kappa shape index (κ1) is 13.3. The molecule has 0 atom stereocenters. The van der Waals surface area contributed by atoms with Crippen LogP contribution in [0.25, 0.3) is 0 Å². The summed E-state index contributed by atoms with van der Waals surface area (Å²) in [5.74, 6) is 2.06. The van der Waals surface area contributed by atoms with Gasteiger partial charge in [0.05, 0.1) is 13.7 Å². The molecule has 4 nitrogen and oxygen atoms in total. The lowest BCUT2D eigenvalue weighted by Gasteiger charge is -2.09. The molecule has 2 rings (SSSR count). The Hall–Kier alpha value is -2.10. The Bertz CT molecular complexity index is 556. The van der Waals surface area contributed by atoms with Gasteiger partial charge in [0.25, 0.3) is 0 Å². The molecule has 19 heavy (non-hydrogen) atoms. The number of hydrogen-bond donors (Lipinski definition) is 0.